The first-order chi connectivity index (χ1) is 16.6. The number of aromatic nitrogens is 3. The molecule has 1 aliphatic rings. The van der Waals surface area contributed by atoms with Gasteiger partial charge in [-0.1, -0.05) is 50.7 Å². The summed E-state index contributed by atoms with van der Waals surface area (Å²) in [5.41, 5.74) is 1.96. The van der Waals surface area contributed by atoms with Crippen LogP contribution in [-0.4, -0.2) is 67.8 Å². The lowest BCUT2D eigenvalue weighted by Gasteiger charge is -2.40. The molecule has 1 aromatic carbocycles. The van der Waals surface area contributed by atoms with Crippen LogP contribution in [0.5, 0.6) is 0 Å². The Labute approximate surface area is 210 Å². The van der Waals surface area contributed by atoms with Gasteiger partial charge in [0.05, 0.1) is 17.7 Å². The number of carbonyl (C=O) groups excluding carboxylic acids is 2. The van der Waals surface area contributed by atoms with Gasteiger partial charge < -0.3 is 14.2 Å². The van der Waals surface area contributed by atoms with Crippen molar-refractivity contribution in [1.82, 2.24) is 24.6 Å². The van der Waals surface area contributed by atoms with Crippen LogP contribution in [0.15, 0.2) is 52.2 Å². The van der Waals surface area contributed by atoms with Crippen LogP contribution in [0.3, 0.4) is 0 Å². The molecule has 1 saturated heterocycles. The summed E-state index contributed by atoms with van der Waals surface area (Å²) in [6, 6.07) is 11.6. The lowest BCUT2D eigenvalue weighted by molar-refractivity contribution is -0.142. The van der Waals surface area contributed by atoms with Crippen LogP contribution < -0.4 is 0 Å². The molecule has 3 heterocycles. The Hall–Kier alpha value is -3.07. The quantitative estimate of drug-likeness (QED) is 0.471. The van der Waals surface area contributed by atoms with E-state index in [1.807, 2.05) is 64.6 Å². The number of piperazine rings is 1. The molecule has 1 fully saturated rings. The lowest BCUT2D eigenvalue weighted by atomic mass is 9.91. The summed E-state index contributed by atoms with van der Waals surface area (Å²) in [5.74, 6) is 1.64. The Balaban J connectivity index is 1.45. The van der Waals surface area contributed by atoms with Crippen molar-refractivity contribution in [3.05, 3.63) is 48.2 Å². The molecular weight excluding hydrogens is 462 g/mol. The van der Waals surface area contributed by atoms with E-state index in [0.29, 0.717) is 42.8 Å². The molecule has 1 aliphatic heterocycles. The smallest absolute Gasteiger partial charge is 0.233 e. The number of furan rings is 1. The first-order valence-corrected chi connectivity index (χ1v) is 12.9. The monoisotopic (exact) mass is 495 g/mol. The van der Waals surface area contributed by atoms with Gasteiger partial charge in [0, 0.05) is 32.1 Å². The topological polar surface area (TPSA) is 84.5 Å². The summed E-state index contributed by atoms with van der Waals surface area (Å²) in [7, 11) is 0. The van der Waals surface area contributed by atoms with Crippen molar-refractivity contribution in [2.45, 2.75) is 52.2 Å². The highest BCUT2D eigenvalue weighted by molar-refractivity contribution is 7.99. The second-order valence-electron chi connectivity index (χ2n) is 10.2. The van der Waals surface area contributed by atoms with Crippen LogP contribution in [-0.2, 0) is 9.59 Å². The van der Waals surface area contributed by atoms with E-state index in [-0.39, 0.29) is 29.0 Å². The van der Waals surface area contributed by atoms with Gasteiger partial charge in [0.2, 0.25) is 17.6 Å². The van der Waals surface area contributed by atoms with Crippen LogP contribution in [0.4, 0.5) is 0 Å². The molecule has 35 heavy (non-hydrogen) atoms. The van der Waals surface area contributed by atoms with Crippen LogP contribution >= 0.6 is 11.8 Å². The van der Waals surface area contributed by atoms with E-state index in [4.69, 9.17) is 4.42 Å². The van der Waals surface area contributed by atoms with E-state index in [1.54, 1.807) is 6.26 Å². The van der Waals surface area contributed by atoms with E-state index < -0.39 is 0 Å². The first-order valence-electron chi connectivity index (χ1n) is 11.9. The first kappa shape index (κ1) is 25.0. The zero-order valence-electron chi connectivity index (χ0n) is 21.0. The Morgan fingerprint density at radius 1 is 1.09 bits per heavy atom. The van der Waals surface area contributed by atoms with E-state index in [0.717, 1.165) is 11.3 Å². The zero-order chi connectivity index (χ0) is 25.2. The highest BCUT2D eigenvalue weighted by Gasteiger charge is 2.31. The minimum Gasteiger partial charge on any atom is -0.461 e. The molecule has 9 heteroatoms. The predicted octanol–water partition coefficient (Wildman–Crippen LogP) is 4.42. The van der Waals surface area contributed by atoms with E-state index >= 15 is 0 Å². The summed E-state index contributed by atoms with van der Waals surface area (Å²) in [6.07, 6.45) is 2.11. The van der Waals surface area contributed by atoms with E-state index in [2.05, 4.69) is 31.0 Å². The molecule has 1 atom stereocenters. The summed E-state index contributed by atoms with van der Waals surface area (Å²) in [4.78, 5) is 29.6. The summed E-state index contributed by atoms with van der Waals surface area (Å²) in [6.45, 7) is 11.9. The molecular formula is C26H33N5O3S. The van der Waals surface area contributed by atoms with Gasteiger partial charge in [-0.15, -0.1) is 10.2 Å². The fourth-order valence-electron chi connectivity index (χ4n) is 4.29. The van der Waals surface area contributed by atoms with Gasteiger partial charge in [-0.25, -0.2) is 0 Å². The third-order valence-electron chi connectivity index (χ3n) is 6.04. The third-order valence-corrected chi connectivity index (χ3v) is 6.95. The minimum atomic E-state index is -0.0536. The van der Waals surface area contributed by atoms with Crippen molar-refractivity contribution in [3.8, 4) is 17.3 Å². The fraction of sp³-hybridized carbons (Fsp3) is 0.462. The van der Waals surface area contributed by atoms with Crippen molar-refractivity contribution >= 4 is 23.6 Å². The van der Waals surface area contributed by atoms with Crippen LogP contribution in [0.2, 0.25) is 0 Å². The van der Waals surface area contributed by atoms with Gasteiger partial charge in [-0.2, -0.15) is 0 Å². The van der Waals surface area contributed by atoms with Crippen LogP contribution in [0, 0.1) is 12.3 Å². The van der Waals surface area contributed by atoms with Gasteiger partial charge in [-0.3, -0.25) is 14.2 Å². The zero-order valence-corrected chi connectivity index (χ0v) is 21.8. The van der Waals surface area contributed by atoms with E-state index in [1.165, 1.54) is 11.8 Å². The van der Waals surface area contributed by atoms with Gasteiger partial charge in [0.1, 0.15) is 0 Å². The SMILES string of the molecule is Cc1ccccc1-n1c(SCC(=O)N2CCN(C(=O)CC(C)(C)C)C(C)C2)nnc1-c1ccco1. The average Bonchev–Trinajstić information content (AvgIpc) is 3.46. The maximum atomic E-state index is 13.1. The maximum absolute atomic E-state index is 13.1. The Morgan fingerprint density at radius 3 is 2.51 bits per heavy atom. The standard InChI is InChI=1S/C26H33N5O3S/c1-18-9-6-7-10-20(18)31-24(21-11-8-14-34-21)27-28-25(31)35-17-23(33)29-12-13-30(19(2)16-29)22(32)15-26(3,4)5/h6-11,14,19H,12-13,15-17H2,1-5H3. The van der Waals surface area contributed by atoms with Crippen molar-refractivity contribution in [2.24, 2.45) is 5.41 Å². The number of hydrogen-bond donors (Lipinski definition) is 0. The molecule has 2 amide bonds. The molecule has 0 radical (unpaired) electrons. The lowest BCUT2D eigenvalue weighted by Crippen LogP contribution is -2.56. The van der Waals surface area contributed by atoms with E-state index in [9.17, 15) is 9.59 Å². The van der Waals surface area contributed by atoms with Crippen molar-refractivity contribution in [1.29, 1.82) is 0 Å². The Bertz CT molecular complexity index is 1180. The molecule has 0 N–H and O–H groups in total. The number of nitrogens with zero attached hydrogens (tertiary/aromatic N) is 5. The number of aryl methyl sites for hydroxylation is 1. The average molecular weight is 496 g/mol. The number of hydrogen-bond acceptors (Lipinski definition) is 6. The van der Waals surface area contributed by atoms with Gasteiger partial charge in [-0.05, 0) is 43.0 Å². The Kier molecular flexibility index (Phi) is 7.35. The molecule has 0 saturated carbocycles. The number of thioether (sulfide) groups is 1. The maximum Gasteiger partial charge on any atom is 0.233 e. The molecule has 186 valence electrons. The highest BCUT2D eigenvalue weighted by atomic mass is 32.2. The molecule has 0 bridgehead atoms. The second-order valence-corrected chi connectivity index (χ2v) is 11.1. The summed E-state index contributed by atoms with van der Waals surface area (Å²) < 4.78 is 7.53. The number of benzene rings is 1. The third kappa shape index (κ3) is 5.78. The largest absolute Gasteiger partial charge is 0.461 e. The molecule has 0 aliphatic carbocycles. The number of carbonyl (C=O) groups is 2. The molecule has 1 unspecified atom stereocenters. The normalized spacial score (nSPS) is 16.5. The fourth-order valence-corrected chi connectivity index (χ4v) is 5.14. The minimum absolute atomic E-state index is 0.00581. The molecule has 3 aromatic rings. The molecule has 8 nitrogen and oxygen atoms in total. The van der Waals surface area contributed by atoms with Gasteiger partial charge in [0.25, 0.3) is 0 Å². The second kappa shape index (κ2) is 10.3. The Morgan fingerprint density at radius 2 is 1.86 bits per heavy atom. The predicted molar refractivity (Wildman–Crippen MR) is 136 cm³/mol. The van der Waals surface area contributed by atoms with Crippen molar-refractivity contribution < 1.29 is 14.0 Å². The van der Waals surface area contributed by atoms with Crippen molar-refractivity contribution in [3.63, 3.8) is 0 Å². The molecule has 0 spiro atoms. The van der Waals surface area contributed by atoms with Gasteiger partial charge in [0.15, 0.2) is 10.9 Å². The number of para-hydroxylation sites is 1. The number of rotatable bonds is 6. The summed E-state index contributed by atoms with van der Waals surface area (Å²) >= 11 is 1.36. The van der Waals surface area contributed by atoms with Crippen LogP contribution in [0.25, 0.3) is 17.3 Å². The van der Waals surface area contributed by atoms with Crippen molar-refractivity contribution in [2.75, 3.05) is 25.4 Å². The van der Waals surface area contributed by atoms with Gasteiger partial charge >= 0.3 is 0 Å². The highest BCUT2D eigenvalue weighted by Crippen LogP contribution is 2.30. The summed E-state index contributed by atoms with van der Waals surface area (Å²) in [5, 5.41) is 9.38. The number of amides is 2. The van der Waals surface area contributed by atoms with Crippen LogP contribution in [0.1, 0.15) is 39.7 Å². The molecule has 4 rings (SSSR count). The molecule has 2 aromatic heterocycles.